The quantitative estimate of drug-likeness (QED) is 0.511. The molecule has 0 aromatic heterocycles. The lowest BCUT2D eigenvalue weighted by Gasteiger charge is -2.08. The second-order valence-electron chi connectivity index (χ2n) is 3.48. The number of hydrogen-bond donors (Lipinski definition) is 0. The smallest absolute Gasteiger partial charge is 0.211 e. The maximum atomic E-state index is 9.87. The van der Waals surface area contributed by atoms with Gasteiger partial charge in [-0.1, -0.05) is 0 Å². The summed E-state index contributed by atoms with van der Waals surface area (Å²) in [5.74, 6) is 0. The topological polar surface area (TPSA) is 58.9 Å². The van der Waals surface area contributed by atoms with Gasteiger partial charge in [-0.3, -0.25) is 0 Å². The van der Waals surface area contributed by atoms with E-state index in [-0.39, 0.29) is 0 Å². The molecule has 1 aliphatic rings. The average Bonchev–Trinajstić information content (AvgIpc) is 2.67. The number of rotatable bonds is 6. The number of isocyanates is 2. The minimum absolute atomic E-state index is 0.584. The van der Waals surface area contributed by atoms with Crippen LogP contribution in [0.3, 0.4) is 0 Å². The van der Waals surface area contributed by atoms with Gasteiger partial charge in [0.1, 0.15) is 0 Å². The van der Waals surface area contributed by atoms with Crippen LogP contribution in [0.2, 0.25) is 0 Å². The summed E-state index contributed by atoms with van der Waals surface area (Å²) >= 11 is 1.93. The third-order valence-corrected chi connectivity index (χ3v) is 4.16. The first-order valence-corrected chi connectivity index (χ1v) is 6.04. The van der Waals surface area contributed by atoms with Crippen molar-refractivity contribution in [2.24, 2.45) is 9.98 Å². The van der Waals surface area contributed by atoms with Gasteiger partial charge in [-0.15, -0.1) is 0 Å². The summed E-state index contributed by atoms with van der Waals surface area (Å²) in [6.07, 6.45) is 7.36. The Bertz CT molecular complexity index is 255. The van der Waals surface area contributed by atoms with Gasteiger partial charge in [0.05, 0.1) is 13.1 Å². The zero-order chi connectivity index (χ0) is 10.9. The third kappa shape index (κ3) is 4.93. The van der Waals surface area contributed by atoms with Crippen LogP contribution in [0.25, 0.3) is 0 Å². The minimum Gasteiger partial charge on any atom is -0.211 e. The predicted octanol–water partition coefficient (Wildman–Crippen LogP) is 1.70. The maximum absolute atomic E-state index is 9.87. The van der Waals surface area contributed by atoms with E-state index in [1.54, 1.807) is 12.2 Å². The predicted molar refractivity (Wildman–Crippen MR) is 59.6 cm³/mol. The molecule has 1 heterocycles. The Morgan fingerprint density at radius 3 is 1.87 bits per heavy atom. The fourth-order valence-corrected chi connectivity index (χ4v) is 3.28. The second kappa shape index (κ2) is 7.41. The molecule has 0 aliphatic carbocycles. The molecule has 0 radical (unpaired) electrons. The van der Waals surface area contributed by atoms with Crippen molar-refractivity contribution in [1.29, 1.82) is 0 Å². The van der Waals surface area contributed by atoms with E-state index in [2.05, 4.69) is 9.98 Å². The Morgan fingerprint density at radius 1 is 1.00 bits per heavy atom. The normalized spacial score (nSPS) is 24.3. The summed E-state index contributed by atoms with van der Waals surface area (Å²) in [6, 6.07) is 0. The standard InChI is InChI=1S/C10H14N2O2S/c13-7-11-5-3-9-1-2-10(15-9)4-6-12-8-14/h9-10H,1-6H2. The van der Waals surface area contributed by atoms with Gasteiger partial charge in [0, 0.05) is 10.5 Å². The van der Waals surface area contributed by atoms with Crippen molar-refractivity contribution in [2.45, 2.75) is 36.2 Å². The number of aliphatic imine (C=N–C) groups is 2. The van der Waals surface area contributed by atoms with E-state index in [0.717, 1.165) is 12.8 Å². The molecule has 2 atom stereocenters. The Hall–Kier alpha value is -0.890. The van der Waals surface area contributed by atoms with E-state index >= 15 is 0 Å². The summed E-state index contributed by atoms with van der Waals surface area (Å²) in [4.78, 5) is 26.8. The Balaban J connectivity index is 2.14. The van der Waals surface area contributed by atoms with E-state index in [1.807, 2.05) is 11.8 Å². The number of nitrogens with zero attached hydrogens (tertiary/aromatic N) is 2. The van der Waals surface area contributed by atoms with Crippen LogP contribution in [0.4, 0.5) is 0 Å². The van der Waals surface area contributed by atoms with Crippen LogP contribution in [0.1, 0.15) is 25.7 Å². The molecular weight excluding hydrogens is 212 g/mol. The molecule has 0 spiro atoms. The summed E-state index contributed by atoms with van der Waals surface area (Å²) < 4.78 is 0. The van der Waals surface area contributed by atoms with Crippen molar-refractivity contribution < 1.29 is 9.59 Å². The van der Waals surface area contributed by atoms with Crippen LogP contribution in [0.5, 0.6) is 0 Å². The molecule has 0 N–H and O–H groups in total. The van der Waals surface area contributed by atoms with Crippen molar-refractivity contribution >= 4 is 23.9 Å². The summed E-state index contributed by atoms with van der Waals surface area (Å²) in [5, 5.41) is 1.21. The third-order valence-electron chi connectivity index (χ3n) is 2.45. The van der Waals surface area contributed by atoms with E-state index < -0.39 is 0 Å². The maximum Gasteiger partial charge on any atom is 0.234 e. The van der Waals surface area contributed by atoms with E-state index in [0.29, 0.717) is 23.6 Å². The van der Waals surface area contributed by atoms with Gasteiger partial charge in [-0.25, -0.2) is 19.6 Å². The molecule has 0 saturated carbocycles. The molecule has 0 amide bonds. The molecule has 82 valence electrons. The van der Waals surface area contributed by atoms with Gasteiger partial charge in [-0.2, -0.15) is 11.8 Å². The van der Waals surface area contributed by atoms with Crippen LogP contribution in [-0.4, -0.2) is 35.7 Å². The highest BCUT2D eigenvalue weighted by atomic mass is 32.2. The molecule has 0 bridgehead atoms. The Kier molecular flexibility index (Phi) is 6.02. The number of carbonyl (C=O) groups excluding carboxylic acids is 2. The lowest BCUT2D eigenvalue weighted by atomic mass is 10.1. The number of hydrogen-bond acceptors (Lipinski definition) is 5. The van der Waals surface area contributed by atoms with Gasteiger partial charge < -0.3 is 0 Å². The molecule has 1 aliphatic heterocycles. The van der Waals surface area contributed by atoms with Gasteiger partial charge >= 0.3 is 0 Å². The lowest BCUT2D eigenvalue weighted by molar-refractivity contribution is 0.560. The Morgan fingerprint density at radius 2 is 1.47 bits per heavy atom. The average molecular weight is 226 g/mol. The van der Waals surface area contributed by atoms with Crippen molar-refractivity contribution in [3.63, 3.8) is 0 Å². The van der Waals surface area contributed by atoms with Crippen LogP contribution in [-0.2, 0) is 9.59 Å². The second-order valence-corrected chi connectivity index (χ2v) is 5.09. The fraction of sp³-hybridized carbons (Fsp3) is 0.800. The molecule has 1 rings (SSSR count). The largest absolute Gasteiger partial charge is 0.234 e. The highest BCUT2D eigenvalue weighted by molar-refractivity contribution is 8.00. The SMILES string of the molecule is O=C=NCCC1CCC(CCN=C=O)S1. The zero-order valence-electron chi connectivity index (χ0n) is 8.52. The van der Waals surface area contributed by atoms with Crippen molar-refractivity contribution in [3.8, 4) is 0 Å². The molecular formula is C10H14N2O2S. The molecule has 0 aromatic rings. The lowest BCUT2D eigenvalue weighted by Crippen LogP contribution is -2.01. The van der Waals surface area contributed by atoms with Crippen molar-refractivity contribution in [1.82, 2.24) is 0 Å². The van der Waals surface area contributed by atoms with Gasteiger partial charge in [0.2, 0.25) is 12.2 Å². The van der Waals surface area contributed by atoms with Gasteiger partial charge in [-0.05, 0) is 25.7 Å². The van der Waals surface area contributed by atoms with E-state index in [9.17, 15) is 9.59 Å². The van der Waals surface area contributed by atoms with Crippen LogP contribution < -0.4 is 0 Å². The summed E-state index contributed by atoms with van der Waals surface area (Å²) in [5.41, 5.74) is 0. The first-order chi connectivity index (χ1) is 7.36. The van der Waals surface area contributed by atoms with E-state index in [4.69, 9.17) is 0 Å². The molecule has 1 saturated heterocycles. The zero-order valence-corrected chi connectivity index (χ0v) is 9.33. The fourth-order valence-electron chi connectivity index (χ4n) is 1.71. The van der Waals surface area contributed by atoms with Crippen molar-refractivity contribution in [2.75, 3.05) is 13.1 Å². The Labute approximate surface area is 93.3 Å². The van der Waals surface area contributed by atoms with Crippen molar-refractivity contribution in [3.05, 3.63) is 0 Å². The monoisotopic (exact) mass is 226 g/mol. The molecule has 4 nitrogen and oxygen atoms in total. The molecule has 0 aromatic carbocycles. The minimum atomic E-state index is 0.584. The molecule has 15 heavy (non-hydrogen) atoms. The van der Waals surface area contributed by atoms with Crippen LogP contribution >= 0.6 is 11.8 Å². The summed E-state index contributed by atoms with van der Waals surface area (Å²) in [6.45, 7) is 1.17. The van der Waals surface area contributed by atoms with Gasteiger partial charge in [0.15, 0.2) is 0 Å². The number of thioether (sulfide) groups is 1. The van der Waals surface area contributed by atoms with Crippen LogP contribution in [0, 0.1) is 0 Å². The van der Waals surface area contributed by atoms with E-state index in [1.165, 1.54) is 12.8 Å². The highest BCUT2D eigenvalue weighted by Gasteiger charge is 2.24. The molecule has 5 heteroatoms. The first-order valence-electron chi connectivity index (χ1n) is 5.09. The summed E-state index contributed by atoms with van der Waals surface area (Å²) in [7, 11) is 0. The van der Waals surface area contributed by atoms with Crippen LogP contribution in [0.15, 0.2) is 9.98 Å². The molecule has 2 unspecified atom stereocenters. The first kappa shape index (κ1) is 12.2. The highest BCUT2D eigenvalue weighted by Crippen LogP contribution is 2.37. The van der Waals surface area contributed by atoms with Gasteiger partial charge in [0.25, 0.3) is 0 Å². The molecule has 1 fully saturated rings.